The van der Waals surface area contributed by atoms with Gasteiger partial charge >= 0.3 is 0 Å². The van der Waals surface area contributed by atoms with E-state index in [1.807, 2.05) is 28.7 Å². The number of thiophene rings is 3. The van der Waals surface area contributed by atoms with Gasteiger partial charge < -0.3 is 4.74 Å². The van der Waals surface area contributed by atoms with Crippen molar-refractivity contribution >= 4 is 54.2 Å². The van der Waals surface area contributed by atoms with Crippen molar-refractivity contribution in [2.24, 2.45) is 0 Å². The van der Waals surface area contributed by atoms with E-state index in [0.29, 0.717) is 0 Å². The van der Waals surface area contributed by atoms with Crippen molar-refractivity contribution in [3.8, 4) is 37.1 Å². The first-order chi connectivity index (χ1) is 22.5. The fourth-order valence-corrected chi connectivity index (χ4v) is 8.52. The summed E-state index contributed by atoms with van der Waals surface area (Å²) in [5, 5.41) is 4.76. The Hall–Kier alpha value is -4.48. The summed E-state index contributed by atoms with van der Waals surface area (Å²) in [5.74, 6) is 0.914. The molecule has 0 amide bonds. The lowest BCUT2D eigenvalue weighted by atomic mass is 10.1. The van der Waals surface area contributed by atoms with Crippen molar-refractivity contribution in [3.05, 3.63) is 162 Å². The second kappa shape index (κ2) is 14.7. The smallest absolute Gasteiger partial charge is 0.119 e. The van der Waals surface area contributed by atoms with Crippen molar-refractivity contribution in [2.45, 2.75) is 20.8 Å². The first-order valence-corrected chi connectivity index (χ1v) is 17.8. The molecule has 0 spiro atoms. The zero-order valence-electron chi connectivity index (χ0n) is 26.5. The molecule has 0 saturated heterocycles. The van der Waals surface area contributed by atoms with Gasteiger partial charge in [-0.3, -0.25) is 0 Å². The van der Waals surface area contributed by atoms with Gasteiger partial charge in [-0.2, -0.15) is 0 Å². The quantitative estimate of drug-likeness (QED) is 0.184. The SMILES string of the molecule is COc1ccc(-c2cc3ccccc3s2)c(C)c1.Cc1ccccc1-c1cc2ccccc2s1.Cc1ccccc1-c1cccs1. The number of aryl methyl sites for hydroxylation is 3. The number of benzene rings is 5. The molecule has 3 heterocycles. The molecule has 228 valence electrons. The molecule has 0 N–H and O–H groups in total. The van der Waals surface area contributed by atoms with Gasteiger partial charge in [0.05, 0.1) is 7.11 Å². The lowest BCUT2D eigenvalue weighted by Gasteiger charge is -2.05. The van der Waals surface area contributed by atoms with E-state index in [4.69, 9.17) is 4.74 Å². The molecule has 0 bridgehead atoms. The van der Waals surface area contributed by atoms with Crippen LogP contribution in [0, 0.1) is 20.8 Å². The molecule has 0 aliphatic heterocycles. The monoisotopic (exact) mass is 652 g/mol. The average molecular weight is 653 g/mol. The molecule has 0 aliphatic carbocycles. The Bertz CT molecular complexity index is 2120. The van der Waals surface area contributed by atoms with Gasteiger partial charge in [0.25, 0.3) is 0 Å². The minimum Gasteiger partial charge on any atom is -0.497 e. The largest absolute Gasteiger partial charge is 0.497 e. The number of hydrogen-bond donors (Lipinski definition) is 0. The van der Waals surface area contributed by atoms with E-state index in [9.17, 15) is 0 Å². The van der Waals surface area contributed by atoms with Gasteiger partial charge in [0.1, 0.15) is 5.75 Å². The number of hydrogen-bond acceptors (Lipinski definition) is 4. The van der Waals surface area contributed by atoms with Gasteiger partial charge in [-0.05, 0) is 119 Å². The molecule has 8 aromatic rings. The first-order valence-electron chi connectivity index (χ1n) is 15.3. The molecule has 0 atom stereocenters. The van der Waals surface area contributed by atoms with E-state index in [1.165, 1.54) is 68.2 Å². The van der Waals surface area contributed by atoms with Crippen LogP contribution in [0.3, 0.4) is 0 Å². The molecule has 46 heavy (non-hydrogen) atoms. The zero-order valence-corrected chi connectivity index (χ0v) is 28.9. The van der Waals surface area contributed by atoms with Gasteiger partial charge in [-0.15, -0.1) is 34.0 Å². The minimum absolute atomic E-state index is 0.914. The van der Waals surface area contributed by atoms with E-state index < -0.39 is 0 Å². The average Bonchev–Trinajstić information content (AvgIpc) is 3.86. The normalized spacial score (nSPS) is 10.6. The van der Waals surface area contributed by atoms with Gasteiger partial charge in [-0.1, -0.05) is 91.0 Å². The Kier molecular flexibility index (Phi) is 10.1. The highest BCUT2D eigenvalue weighted by Gasteiger charge is 2.08. The van der Waals surface area contributed by atoms with Crippen LogP contribution < -0.4 is 4.74 Å². The molecule has 8 rings (SSSR count). The van der Waals surface area contributed by atoms with E-state index in [-0.39, 0.29) is 0 Å². The second-order valence-corrected chi connectivity index (χ2v) is 14.2. The Balaban J connectivity index is 0.000000124. The molecule has 0 radical (unpaired) electrons. The molecular formula is C42H36OS3. The number of methoxy groups -OCH3 is 1. The summed E-state index contributed by atoms with van der Waals surface area (Å²) < 4.78 is 7.95. The summed E-state index contributed by atoms with van der Waals surface area (Å²) in [6.45, 7) is 6.44. The van der Waals surface area contributed by atoms with E-state index >= 15 is 0 Å². The van der Waals surface area contributed by atoms with E-state index in [2.05, 4.69) is 160 Å². The number of rotatable bonds is 4. The molecular weight excluding hydrogens is 617 g/mol. The third kappa shape index (κ3) is 7.32. The lowest BCUT2D eigenvalue weighted by Crippen LogP contribution is -1.85. The standard InChI is InChI=1S/C16H14OS.C15H12S.C11H10S/c1-11-9-13(17-2)7-8-14(11)16-10-12-5-3-4-6-15(12)18-16;1-11-6-2-4-8-13(11)15-10-12-7-3-5-9-14(12)16-15;1-9-5-2-3-6-10(9)11-7-4-8-12-11/h3-10H,1-2H3;2-10H,1H3;2-8H,1H3. The van der Waals surface area contributed by atoms with Crippen LogP contribution in [0.15, 0.2) is 145 Å². The van der Waals surface area contributed by atoms with Crippen molar-refractivity contribution < 1.29 is 4.74 Å². The molecule has 0 fully saturated rings. The summed E-state index contributed by atoms with van der Waals surface area (Å²) in [7, 11) is 1.70. The van der Waals surface area contributed by atoms with Gasteiger partial charge in [-0.25, -0.2) is 0 Å². The fraction of sp³-hybridized carbons (Fsp3) is 0.0952. The van der Waals surface area contributed by atoms with Crippen LogP contribution >= 0.6 is 34.0 Å². The number of fused-ring (bicyclic) bond motifs is 2. The summed E-state index contributed by atoms with van der Waals surface area (Å²) in [6.07, 6.45) is 0. The summed E-state index contributed by atoms with van der Waals surface area (Å²) >= 11 is 5.49. The number of ether oxygens (including phenoxy) is 1. The van der Waals surface area contributed by atoms with Crippen LogP contribution in [0.4, 0.5) is 0 Å². The maximum atomic E-state index is 5.25. The first kappa shape index (κ1) is 31.5. The highest BCUT2D eigenvalue weighted by molar-refractivity contribution is 7.22. The Morgan fingerprint density at radius 2 is 0.935 bits per heavy atom. The Morgan fingerprint density at radius 3 is 1.41 bits per heavy atom. The highest BCUT2D eigenvalue weighted by Crippen LogP contribution is 2.37. The van der Waals surface area contributed by atoms with Gasteiger partial charge in [0.2, 0.25) is 0 Å². The predicted octanol–water partition coefficient (Wildman–Crippen LogP) is 13.5. The van der Waals surface area contributed by atoms with Crippen molar-refractivity contribution in [1.29, 1.82) is 0 Å². The molecule has 1 nitrogen and oxygen atoms in total. The summed E-state index contributed by atoms with van der Waals surface area (Å²) in [5.41, 5.74) is 7.93. The molecule has 0 aliphatic rings. The molecule has 0 saturated carbocycles. The molecule has 4 heteroatoms. The zero-order chi connectivity index (χ0) is 31.9. The molecule has 0 unspecified atom stereocenters. The lowest BCUT2D eigenvalue weighted by molar-refractivity contribution is 0.414. The van der Waals surface area contributed by atoms with Crippen LogP contribution in [0.5, 0.6) is 5.75 Å². The van der Waals surface area contributed by atoms with Crippen molar-refractivity contribution in [1.82, 2.24) is 0 Å². The second-order valence-electron chi connectivity index (χ2n) is 11.1. The highest BCUT2D eigenvalue weighted by atomic mass is 32.1. The van der Waals surface area contributed by atoms with Crippen molar-refractivity contribution in [3.63, 3.8) is 0 Å². The van der Waals surface area contributed by atoms with Crippen LogP contribution in [0.1, 0.15) is 16.7 Å². The van der Waals surface area contributed by atoms with Crippen LogP contribution in [-0.2, 0) is 0 Å². The third-order valence-corrected chi connectivity index (χ3v) is 11.1. The van der Waals surface area contributed by atoms with Gasteiger partial charge in [0, 0.05) is 24.0 Å². The molecule has 3 aromatic heterocycles. The maximum Gasteiger partial charge on any atom is 0.119 e. The summed E-state index contributed by atoms with van der Waals surface area (Å²) in [4.78, 5) is 4.03. The van der Waals surface area contributed by atoms with E-state index in [0.717, 1.165) is 5.75 Å². The van der Waals surface area contributed by atoms with Crippen molar-refractivity contribution in [2.75, 3.05) is 7.11 Å². The molecule has 5 aromatic carbocycles. The summed E-state index contributed by atoms with van der Waals surface area (Å²) in [6, 6.07) is 49.1. The minimum atomic E-state index is 0.914. The van der Waals surface area contributed by atoms with Gasteiger partial charge in [0.15, 0.2) is 0 Å². The maximum absolute atomic E-state index is 5.25. The Morgan fingerprint density at radius 1 is 0.435 bits per heavy atom. The topological polar surface area (TPSA) is 9.23 Å². The third-order valence-electron chi connectivity index (χ3n) is 7.89. The fourth-order valence-electron chi connectivity index (χ4n) is 5.40. The van der Waals surface area contributed by atoms with Crippen LogP contribution in [0.25, 0.3) is 51.5 Å². The van der Waals surface area contributed by atoms with Crippen LogP contribution in [0.2, 0.25) is 0 Å². The van der Waals surface area contributed by atoms with Crippen LogP contribution in [-0.4, -0.2) is 7.11 Å². The predicted molar refractivity (Wildman–Crippen MR) is 205 cm³/mol. The van der Waals surface area contributed by atoms with E-state index in [1.54, 1.807) is 18.4 Å². The Labute approximate surface area is 284 Å².